The van der Waals surface area contributed by atoms with Crippen molar-refractivity contribution in [1.82, 2.24) is 15.6 Å². The fraction of sp³-hybridized carbons (Fsp3) is 0.458. The van der Waals surface area contributed by atoms with Crippen molar-refractivity contribution >= 4 is 11.8 Å². The fourth-order valence-electron chi connectivity index (χ4n) is 4.15. The second-order valence-electron chi connectivity index (χ2n) is 8.18. The molecule has 1 atom stereocenters. The highest BCUT2D eigenvalue weighted by Crippen LogP contribution is 2.36. The minimum atomic E-state index is -0.0363. The third kappa shape index (κ3) is 6.41. The van der Waals surface area contributed by atoms with E-state index in [9.17, 15) is 9.59 Å². The topological polar surface area (TPSA) is 71.1 Å². The number of nitrogens with zero attached hydrogens (tertiary/aromatic N) is 1. The molecule has 1 aliphatic rings. The molecule has 5 heteroatoms. The first kappa shape index (κ1) is 21.0. The lowest BCUT2D eigenvalue weighted by Crippen LogP contribution is -2.36. The molecule has 1 fully saturated rings. The van der Waals surface area contributed by atoms with Crippen LogP contribution in [0.2, 0.25) is 0 Å². The van der Waals surface area contributed by atoms with Crippen molar-refractivity contribution < 1.29 is 9.59 Å². The molecule has 1 aromatic carbocycles. The van der Waals surface area contributed by atoms with Crippen LogP contribution in [0.3, 0.4) is 0 Å². The number of amides is 2. The van der Waals surface area contributed by atoms with Crippen LogP contribution in [0.15, 0.2) is 48.7 Å². The highest BCUT2D eigenvalue weighted by atomic mass is 16.2. The van der Waals surface area contributed by atoms with E-state index in [1.807, 2.05) is 49.4 Å². The van der Waals surface area contributed by atoms with Gasteiger partial charge in [0.15, 0.2) is 0 Å². The van der Waals surface area contributed by atoms with Crippen molar-refractivity contribution in [3.63, 3.8) is 0 Å². The first-order valence-electron chi connectivity index (χ1n) is 10.5. The van der Waals surface area contributed by atoms with Gasteiger partial charge in [0.2, 0.25) is 11.8 Å². The number of carbonyl (C=O) groups excluding carboxylic acids is 2. The SMILES string of the molecule is CC(=O)N[C@H](c1ccccn1)C1CCC(CNC(=O)Cc2ccc(C)cc2)CC1. The predicted molar refractivity (Wildman–Crippen MR) is 114 cm³/mol. The summed E-state index contributed by atoms with van der Waals surface area (Å²) in [5.74, 6) is 0.940. The lowest BCUT2D eigenvalue weighted by Gasteiger charge is -2.34. The molecule has 0 unspecified atom stereocenters. The molecule has 1 aromatic heterocycles. The summed E-state index contributed by atoms with van der Waals surface area (Å²) < 4.78 is 0. The molecule has 0 spiro atoms. The van der Waals surface area contributed by atoms with Crippen molar-refractivity contribution in [2.45, 2.75) is 52.0 Å². The Kier molecular flexibility index (Phi) is 7.39. The standard InChI is InChI=1S/C24H31N3O2/c1-17-6-8-19(9-7-17)15-23(29)26-16-20-10-12-21(13-11-20)24(27-18(2)28)22-5-3-4-14-25-22/h3-9,14,20-21,24H,10-13,15-16H2,1-2H3,(H,26,29)(H,27,28)/t20?,21?,24-/m0/s1. The number of aryl methyl sites for hydroxylation is 1. The Hall–Kier alpha value is -2.69. The van der Waals surface area contributed by atoms with E-state index in [4.69, 9.17) is 0 Å². The van der Waals surface area contributed by atoms with E-state index in [0.29, 0.717) is 18.3 Å². The molecular weight excluding hydrogens is 362 g/mol. The number of benzene rings is 1. The van der Waals surface area contributed by atoms with Crippen LogP contribution in [-0.4, -0.2) is 23.3 Å². The van der Waals surface area contributed by atoms with E-state index in [1.54, 1.807) is 13.1 Å². The zero-order valence-corrected chi connectivity index (χ0v) is 17.4. The Labute approximate surface area is 173 Å². The van der Waals surface area contributed by atoms with Gasteiger partial charge in [0.05, 0.1) is 18.2 Å². The zero-order chi connectivity index (χ0) is 20.6. The second-order valence-corrected chi connectivity index (χ2v) is 8.18. The zero-order valence-electron chi connectivity index (χ0n) is 17.4. The molecule has 5 nitrogen and oxygen atoms in total. The summed E-state index contributed by atoms with van der Waals surface area (Å²) in [6, 6.07) is 13.9. The number of aromatic nitrogens is 1. The normalized spacial score (nSPS) is 19.9. The third-order valence-electron chi connectivity index (χ3n) is 5.80. The molecule has 0 aliphatic heterocycles. The first-order chi connectivity index (χ1) is 14.0. The van der Waals surface area contributed by atoms with E-state index in [2.05, 4.69) is 15.6 Å². The summed E-state index contributed by atoms with van der Waals surface area (Å²) in [4.78, 5) is 28.4. The number of hydrogen-bond donors (Lipinski definition) is 2. The van der Waals surface area contributed by atoms with E-state index in [1.165, 1.54) is 5.56 Å². The monoisotopic (exact) mass is 393 g/mol. The summed E-state index contributed by atoms with van der Waals surface area (Å²) >= 11 is 0. The largest absolute Gasteiger partial charge is 0.356 e. The number of pyridine rings is 1. The molecule has 1 aliphatic carbocycles. The van der Waals surface area contributed by atoms with Crippen molar-refractivity contribution in [1.29, 1.82) is 0 Å². The average Bonchev–Trinajstić information content (AvgIpc) is 2.73. The lowest BCUT2D eigenvalue weighted by atomic mass is 9.77. The maximum Gasteiger partial charge on any atom is 0.224 e. The molecule has 0 saturated heterocycles. The molecule has 3 rings (SSSR count). The van der Waals surface area contributed by atoms with Crippen LogP contribution >= 0.6 is 0 Å². The number of hydrogen-bond acceptors (Lipinski definition) is 3. The third-order valence-corrected chi connectivity index (χ3v) is 5.80. The predicted octanol–water partition coefficient (Wildman–Crippen LogP) is 3.73. The van der Waals surface area contributed by atoms with Gasteiger partial charge in [0, 0.05) is 19.7 Å². The smallest absolute Gasteiger partial charge is 0.224 e. The number of nitrogens with one attached hydrogen (secondary N) is 2. The van der Waals surface area contributed by atoms with Crippen LogP contribution in [0.25, 0.3) is 0 Å². The molecule has 0 radical (unpaired) electrons. The van der Waals surface area contributed by atoms with Crippen molar-refractivity contribution in [2.75, 3.05) is 6.54 Å². The summed E-state index contributed by atoms with van der Waals surface area (Å²) in [6.45, 7) is 4.33. The molecule has 2 amide bonds. The van der Waals surface area contributed by atoms with Crippen LogP contribution in [0.1, 0.15) is 55.5 Å². The molecule has 2 N–H and O–H groups in total. The Morgan fingerprint density at radius 1 is 1.07 bits per heavy atom. The van der Waals surface area contributed by atoms with Crippen molar-refractivity contribution in [3.05, 3.63) is 65.5 Å². The fourth-order valence-corrected chi connectivity index (χ4v) is 4.15. The van der Waals surface area contributed by atoms with Crippen LogP contribution in [0, 0.1) is 18.8 Å². The molecule has 2 aromatic rings. The highest BCUT2D eigenvalue weighted by molar-refractivity contribution is 5.78. The van der Waals surface area contributed by atoms with E-state index in [-0.39, 0.29) is 17.9 Å². The quantitative estimate of drug-likeness (QED) is 0.753. The Morgan fingerprint density at radius 2 is 1.79 bits per heavy atom. The van der Waals surface area contributed by atoms with Crippen LogP contribution in [-0.2, 0) is 16.0 Å². The molecule has 1 saturated carbocycles. The van der Waals surface area contributed by atoms with Crippen molar-refractivity contribution in [2.24, 2.45) is 11.8 Å². The van der Waals surface area contributed by atoms with Crippen LogP contribution in [0.4, 0.5) is 0 Å². The molecule has 1 heterocycles. The Bertz CT molecular complexity index is 797. The van der Waals surface area contributed by atoms with E-state index >= 15 is 0 Å². The van der Waals surface area contributed by atoms with Gasteiger partial charge < -0.3 is 10.6 Å². The highest BCUT2D eigenvalue weighted by Gasteiger charge is 2.30. The Morgan fingerprint density at radius 3 is 2.41 bits per heavy atom. The van der Waals surface area contributed by atoms with Gasteiger partial charge in [0.1, 0.15) is 0 Å². The van der Waals surface area contributed by atoms with Gasteiger partial charge in [-0.3, -0.25) is 14.6 Å². The van der Waals surface area contributed by atoms with Crippen molar-refractivity contribution in [3.8, 4) is 0 Å². The number of rotatable bonds is 7. The summed E-state index contributed by atoms with van der Waals surface area (Å²) in [6.07, 6.45) is 6.37. The minimum Gasteiger partial charge on any atom is -0.356 e. The lowest BCUT2D eigenvalue weighted by molar-refractivity contribution is -0.121. The van der Waals surface area contributed by atoms with Gasteiger partial charge in [-0.25, -0.2) is 0 Å². The van der Waals surface area contributed by atoms with Gasteiger partial charge in [-0.2, -0.15) is 0 Å². The first-order valence-corrected chi connectivity index (χ1v) is 10.5. The van der Waals surface area contributed by atoms with Gasteiger partial charge in [-0.05, 0) is 62.1 Å². The van der Waals surface area contributed by atoms with Gasteiger partial charge >= 0.3 is 0 Å². The summed E-state index contributed by atoms with van der Waals surface area (Å²) in [7, 11) is 0. The van der Waals surface area contributed by atoms with E-state index in [0.717, 1.165) is 43.5 Å². The van der Waals surface area contributed by atoms with Gasteiger partial charge in [-0.15, -0.1) is 0 Å². The molecule has 154 valence electrons. The molecule has 0 bridgehead atoms. The summed E-state index contributed by atoms with van der Waals surface area (Å²) in [5, 5.41) is 6.19. The molecular formula is C24H31N3O2. The maximum atomic E-state index is 12.3. The Balaban J connectivity index is 1.47. The van der Waals surface area contributed by atoms with Gasteiger partial charge in [-0.1, -0.05) is 35.9 Å². The van der Waals surface area contributed by atoms with Gasteiger partial charge in [0.25, 0.3) is 0 Å². The minimum absolute atomic E-state index is 0.0221. The van der Waals surface area contributed by atoms with E-state index < -0.39 is 0 Å². The second kappa shape index (κ2) is 10.2. The van der Waals surface area contributed by atoms with Crippen LogP contribution < -0.4 is 10.6 Å². The summed E-state index contributed by atoms with van der Waals surface area (Å²) in [5.41, 5.74) is 3.18. The number of carbonyl (C=O) groups is 2. The maximum absolute atomic E-state index is 12.3. The van der Waals surface area contributed by atoms with Crippen LogP contribution in [0.5, 0.6) is 0 Å². The average molecular weight is 394 g/mol. The molecule has 29 heavy (non-hydrogen) atoms.